The molecule has 0 bridgehead atoms. The lowest BCUT2D eigenvalue weighted by molar-refractivity contribution is -0.155. The fourth-order valence-corrected chi connectivity index (χ4v) is 5.99. The number of nitrogens with zero attached hydrogens (tertiary/aromatic N) is 3. The van der Waals surface area contributed by atoms with Crippen LogP contribution in [0, 0.1) is 11.8 Å². The molecule has 0 aromatic heterocycles. The first-order chi connectivity index (χ1) is 15.0. The Labute approximate surface area is 189 Å². The first kappa shape index (κ1) is 23.0. The summed E-state index contributed by atoms with van der Waals surface area (Å²) in [5.74, 6) is -2.18. The molecule has 0 aromatic rings. The molecule has 8 nitrogen and oxygen atoms in total. The molecule has 4 aliphatic rings. The average Bonchev–Trinajstić information content (AvgIpc) is 2.95. The molecule has 32 heavy (non-hydrogen) atoms. The molecule has 3 amide bonds. The number of β-amino-alcohol motifs (C(OH)–C–C–N with tert-alkyl or cyclic N) is 1. The summed E-state index contributed by atoms with van der Waals surface area (Å²) in [5, 5.41) is 9.71. The highest BCUT2D eigenvalue weighted by atomic mass is 16.5. The van der Waals surface area contributed by atoms with Gasteiger partial charge >= 0.3 is 0 Å². The summed E-state index contributed by atoms with van der Waals surface area (Å²) in [6, 6.07) is -0.922. The van der Waals surface area contributed by atoms with E-state index >= 15 is 0 Å². The number of amides is 3. The highest BCUT2D eigenvalue weighted by Gasteiger charge is 2.74. The Bertz CT molecular complexity index is 877. The Kier molecular flexibility index (Phi) is 5.53. The van der Waals surface area contributed by atoms with Crippen LogP contribution in [-0.2, 0) is 19.1 Å². The van der Waals surface area contributed by atoms with Gasteiger partial charge in [-0.15, -0.1) is 0 Å². The van der Waals surface area contributed by atoms with Crippen molar-refractivity contribution in [1.82, 2.24) is 14.7 Å². The van der Waals surface area contributed by atoms with E-state index in [1.54, 1.807) is 9.80 Å². The third-order valence-electron chi connectivity index (χ3n) is 7.28. The number of hydrogen-bond donors (Lipinski definition) is 1. The van der Waals surface area contributed by atoms with Crippen molar-refractivity contribution >= 4 is 17.7 Å². The maximum atomic E-state index is 13.9. The lowest BCUT2D eigenvalue weighted by atomic mass is 9.74. The second-order valence-electron chi connectivity index (χ2n) is 10.5. The topological polar surface area (TPSA) is 90.4 Å². The average molecular weight is 446 g/mol. The van der Waals surface area contributed by atoms with Crippen LogP contribution in [0.5, 0.6) is 0 Å². The van der Waals surface area contributed by atoms with Crippen LogP contribution in [0.3, 0.4) is 0 Å². The molecule has 1 N–H and O–H groups in total. The van der Waals surface area contributed by atoms with Crippen LogP contribution >= 0.6 is 0 Å². The van der Waals surface area contributed by atoms with Crippen molar-refractivity contribution in [2.24, 2.45) is 11.8 Å². The molecule has 4 heterocycles. The highest BCUT2D eigenvalue weighted by molar-refractivity contribution is 6.00. The summed E-state index contributed by atoms with van der Waals surface area (Å²) in [6.07, 6.45) is 8.36. The van der Waals surface area contributed by atoms with Crippen molar-refractivity contribution < 1.29 is 24.2 Å². The molecule has 176 valence electrons. The summed E-state index contributed by atoms with van der Waals surface area (Å²) < 4.78 is 6.69. The lowest BCUT2D eigenvalue weighted by Crippen LogP contribution is -2.59. The van der Waals surface area contributed by atoms with Crippen LogP contribution in [0.4, 0.5) is 0 Å². The van der Waals surface area contributed by atoms with Crippen LogP contribution in [0.25, 0.3) is 0 Å². The second kappa shape index (κ2) is 7.70. The zero-order valence-electron chi connectivity index (χ0n) is 19.7. The van der Waals surface area contributed by atoms with E-state index in [2.05, 4.69) is 0 Å². The van der Waals surface area contributed by atoms with Crippen LogP contribution < -0.4 is 0 Å². The van der Waals surface area contributed by atoms with Gasteiger partial charge < -0.3 is 24.5 Å². The minimum absolute atomic E-state index is 0.0226. The van der Waals surface area contributed by atoms with Crippen molar-refractivity contribution in [3.8, 4) is 0 Å². The molecule has 0 aliphatic carbocycles. The normalized spacial score (nSPS) is 36.9. The number of ether oxygens (including phenoxy) is 1. The lowest BCUT2D eigenvalue weighted by Gasteiger charge is -2.41. The molecule has 0 radical (unpaired) electrons. The zero-order chi connectivity index (χ0) is 23.5. The Balaban J connectivity index is 1.87. The summed E-state index contributed by atoms with van der Waals surface area (Å²) >= 11 is 0. The van der Waals surface area contributed by atoms with Crippen molar-refractivity contribution in [3.05, 3.63) is 24.3 Å². The first-order valence-corrected chi connectivity index (χ1v) is 11.6. The van der Waals surface area contributed by atoms with Gasteiger partial charge in [-0.25, -0.2) is 0 Å². The van der Waals surface area contributed by atoms with Crippen LogP contribution in [0.15, 0.2) is 24.3 Å². The predicted molar refractivity (Wildman–Crippen MR) is 118 cm³/mol. The minimum atomic E-state index is -1.25. The van der Waals surface area contributed by atoms with Crippen molar-refractivity contribution in [2.75, 3.05) is 32.8 Å². The predicted octanol–water partition coefficient (Wildman–Crippen LogP) is 0.955. The summed E-state index contributed by atoms with van der Waals surface area (Å²) in [4.78, 5) is 46.3. The van der Waals surface area contributed by atoms with Crippen LogP contribution in [-0.4, -0.2) is 93.1 Å². The Morgan fingerprint density at radius 1 is 1.03 bits per heavy atom. The van der Waals surface area contributed by atoms with E-state index in [0.717, 1.165) is 6.42 Å². The molecule has 4 rings (SSSR count). The number of aliphatic hydroxyl groups is 1. The summed E-state index contributed by atoms with van der Waals surface area (Å²) in [6.45, 7) is 11.0. The molecule has 0 saturated carbocycles. The number of carbonyl (C=O) groups is 3. The standard InChI is InChI=1S/C24H35N3O5/c1-6-11-25-12-7-9-23(5)16(19(25)29)17-20(30)26(14-15-28)18-21(31)27(22(2,3)4)13-8-10-24(17,18)32-23/h7-10,16-18,28H,6,11-15H2,1-5H3/t16-,17-,18?,23+,24-/m0/s1. The molecular weight excluding hydrogens is 410 g/mol. The largest absolute Gasteiger partial charge is 0.395 e. The van der Waals surface area contributed by atoms with Gasteiger partial charge in [-0.2, -0.15) is 0 Å². The fourth-order valence-electron chi connectivity index (χ4n) is 5.99. The van der Waals surface area contributed by atoms with E-state index in [1.165, 1.54) is 4.90 Å². The number of likely N-dealkylation sites (tertiary alicyclic amines) is 1. The minimum Gasteiger partial charge on any atom is -0.395 e. The van der Waals surface area contributed by atoms with Gasteiger partial charge in [0.15, 0.2) is 0 Å². The molecule has 1 unspecified atom stereocenters. The number of fused-ring (bicyclic) bond motifs is 2. The van der Waals surface area contributed by atoms with Gasteiger partial charge in [0.2, 0.25) is 17.7 Å². The molecule has 0 aromatic carbocycles. The van der Waals surface area contributed by atoms with Crippen molar-refractivity contribution in [1.29, 1.82) is 0 Å². The molecule has 4 aliphatic heterocycles. The SMILES string of the molecule is CCCN1CC=C[C@@]2(C)O[C@]34C=CCN(C(C)(C)C)C(=O)C3N(CCO)C(=O)[C@@H]4[C@H]2C1=O. The van der Waals surface area contributed by atoms with E-state index in [0.29, 0.717) is 19.6 Å². The molecule has 8 heteroatoms. The maximum absolute atomic E-state index is 13.9. The van der Waals surface area contributed by atoms with E-state index in [-0.39, 0.29) is 30.9 Å². The fraction of sp³-hybridized carbons (Fsp3) is 0.708. The van der Waals surface area contributed by atoms with E-state index < -0.39 is 34.6 Å². The maximum Gasteiger partial charge on any atom is 0.249 e. The van der Waals surface area contributed by atoms with Gasteiger partial charge in [-0.1, -0.05) is 31.2 Å². The number of hydrogen-bond acceptors (Lipinski definition) is 5. The molecule has 1 spiro atoms. The van der Waals surface area contributed by atoms with Crippen molar-refractivity contribution in [2.45, 2.75) is 63.8 Å². The highest BCUT2D eigenvalue weighted by Crippen LogP contribution is 2.57. The monoisotopic (exact) mass is 445 g/mol. The van der Waals surface area contributed by atoms with Gasteiger partial charge in [0, 0.05) is 31.7 Å². The number of carbonyl (C=O) groups excluding carboxylic acids is 3. The Morgan fingerprint density at radius 2 is 1.72 bits per heavy atom. The molecule has 2 saturated heterocycles. The molecule has 2 fully saturated rings. The second-order valence-corrected chi connectivity index (χ2v) is 10.5. The van der Waals surface area contributed by atoms with Gasteiger partial charge in [-0.05, 0) is 34.1 Å². The first-order valence-electron chi connectivity index (χ1n) is 11.6. The van der Waals surface area contributed by atoms with Gasteiger partial charge in [0.05, 0.1) is 24.0 Å². The van der Waals surface area contributed by atoms with Gasteiger partial charge in [0.25, 0.3) is 0 Å². The van der Waals surface area contributed by atoms with Crippen LogP contribution in [0.1, 0.15) is 41.0 Å². The smallest absolute Gasteiger partial charge is 0.249 e. The number of rotatable bonds is 4. The quantitative estimate of drug-likeness (QED) is 0.651. The van der Waals surface area contributed by atoms with Gasteiger partial charge in [-0.3, -0.25) is 14.4 Å². The van der Waals surface area contributed by atoms with Gasteiger partial charge in [0.1, 0.15) is 11.6 Å². The van der Waals surface area contributed by atoms with Crippen molar-refractivity contribution in [3.63, 3.8) is 0 Å². The zero-order valence-corrected chi connectivity index (χ0v) is 19.7. The molecule has 5 atom stereocenters. The summed E-state index contributed by atoms with van der Waals surface area (Å²) in [5.41, 5.74) is -2.71. The van der Waals surface area contributed by atoms with Crippen LogP contribution in [0.2, 0.25) is 0 Å². The third kappa shape index (κ3) is 3.14. The van der Waals surface area contributed by atoms with E-state index in [1.807, 2.05) is 58.9 Å². The Morgan fingerprint density at radius 3 is 2.34 bits per heavy atom. The summed E-state index contributed by atoms with van der Waals surface area (Å²) in [7, 11) is 0. The molecular formula is C24H35N3O5. The third-order valence-corrected chi connectivity index (χ3v) is 7.28. The number of aliphatic hydroxyl groups excluding tert-OH is 1. The Hall–Kier alpha value is -2.19. The van der Waals surface area contributed by atoms with E-state index in [4.69, 9.17) is 4.74 Å². The van der Waals surface area contributed by atoms with E-state index in [9.17, 15) is 19.5 Å².